The second-order valence-electron chi connectivity index (χ2n) is 5.25. The lowest BCUT2D eigenvalue weighted by molar-refractivity contribution is 0.0523. The number of hydrogen-bond acceptors (Lipinski definition) is 5. The van der Waals surface area contributed by atoms with Crippen LogP contribution >= 0.6 is 10.8 Å². The maximum atomic E-state index is 11.9. The molecule has 1 aliphatic heterocycles. The smallest absolute Gasteiger partial charge is 0.407 e. The summed E-state index contributed by atoms with van der Waals surface area (Å²) >= 11 is 0. The quantitative estimate of drug-likeness (QED) is 0.850. The lowest BCUT2D eigenvalue weighted by Gasteiger charge is -2.19. The molecule has 5 nitrogen and oxygen atoms in total. The van der Waals surface area contributed by atoms with E-state index >= 15 is 0 Å². The Hall–Kier alpha value is -1.34. The molecule has 1 unspecified atom stereocenters. The molecule has 1 amide bonds. The van der Waals surface area contributed by atoms with Crippen LogP contribution in [0.5, 0.6) is 0 Å². The average molecular weight is 313 g/mol. The van der Waals surface area contributed by atoms with Gasteiger partial charge in [0.15, 0.2) is 0 Å². The van der Waals surface area contributed by atoms with Gasteiger partial charge in [0.2, 0.25) is 5.12 Å². The Balaban J connectivity index is 2.11. The van der Waals surface area contributed by atoms with Crippen molar-refractivity contribution in [3.63, 3.8) is 0 Å². The van der Waals surface area contributed by atoms with Gasteiger partial charge in [-0.1, -0.05) is 12.1 Å². The van der Waals surface area contributed by atoms with Gasteiger partial charge in [-0.15, -0.1) is 0 Å². The summed E-state index contributed by atoms with van der Waals surface area (Å²) in [5.41, 5.74) is 0.555. The molecule has 1 aromatic rings. The van der Waals surface area contributed by atoms with E-state index in [1.54, 1.807) is 39.0 Å². The van der Waals surface area contributed by atoms with Gasteiger partial charge in [-0.25, -0.2) is 9.00 Å². The summed E-state index contributed by atoms with van der Waals surface area (Å²) in [7, 11) is -0.601. The largest absolute Gasteiger partial charge is 0.444 e. The molecule has 20 heavy (non-hydrogen) atoms. The van der Waals surface area contributed by atoms with Crippen molar-refractivity contribution in [2.75, 3.05) is 0 Å². The van der Waals surface area contributed by atoms with Gasteiger partial charge >= 0.3 is 6.09 Å². The summed E-state index contributed by atoms with van der Waals surface area (Å²) in [6, 6.07) is 5.10. The zero-order valence-corrected chi connectivity index (χ0v) is 13.0. The van der Waals surface area contributed by atoms with Gasteiger partial charge in [0.25, 0.3) is 0 Å². The average Bonchev–Trinajstić information content (AvgIpc) is 2.61. The Labute approximate surface area is 123 Å². The minimum atomic E-state index is -1.40. The molecule has 1 atom stereocenters. The maximum absolute atomic E-state index is 11.9. The van der Waals surface area contributed by atoms with Crippen LogP contribution in [-0.4, -0.2) is 21.0 Å². The number of hydrogen-bond donors (Lipinski definition) is 1. The van der Waals surface area contributed by atoms with Crippen molar-refractivity contribution in [1.29, 1.82) is 0 Å². The maximum Gasteiger partial charge on any atom is 0.407 e. The number of amides is 1. The van der Waals surface area contributed by atoms with Crippen LogP contribution in [0.4, 0.5) is 4.79 Å². The third kappa shape index (κ3) is 3.40. The molecular formula is C13H15NO4S2. The fourth-order valence-corrected chi connectivity index (χ4v) is 4.48. The first-order valence-corrected chi connectivity index (χ1v) is 8.49. The van der Waals surface area contributed by atoms with E-state index in [0.717, 1.165) is 10.8 Å². The van der Waals surface area contributed by atoms with Crippen LogP contribution in [-0.2, 0) is 21.1 Å². The molecule has 7 heteroatoms. The van der Waals surface area contributed by atoms with Crippen LogP contribution in [0.3, 0.4) is 0 Å². The minimum absolute atomic E-state index is 0.178. The van der Waals surface area contributed by atoms with E-state index in [-0.39, 0.29) is 11.7 Å². The van der Waals surface area contributed by atoms with Gasteiger partial charge in [0.1, 0.15) is 15.4 Å². The molecule has 108 valence electrons. The van der Waals surface area contributed by atoms with Crippen LogP contribution < -0.4 is 5.32 Å². The summed E-state index contributed by atoms with van der Waals surface area (Å²) in [6.07, 6.45) is -0.544. The summed E-state index contributed by atoms with van der Waals surface area (Å²) in [6.45, 7) is 5.50. The number of ether oxygens (including phenoxy) is 1. The highest BCUT2D eigenvalue weighted by molar-refractivity contribution is 8.76. The Kier molecular flexibility index (Phi) is 4.19. The summed E-state index contributed by atoms with van der Waals surface area (Å²) in [5, 5.41) is 2.41. The van der Waals surface area contributed by atoms with Crippen LogP contribution in [0, 0.1) is 0 Å². The molecule has 1 heterocycles. The predicted molar refractivity (Wildman–Crippen MR) is 77.8 cm³/mol. The third-order valence-electron chi connectivity index (χ3n) is 2.46. The first-order chi connectivity index (χ1) is 9.28. The van der Waals surface area contributed by atoms with E-state index in [9.17, 15) is 13.8 Å². The number of nitrogens with one attached hydrogen (secondary N) is 1. The number of fused-ring (bicyclic) bond motifs is 1. The number of alkyl carbamates (subject to hydrolysis) is 1. The van der Waals surface area contributed by atoms with Crippen molar-refractivity contribution in [2.24, 2.45) is 0 Å². The topological polar surface area (TPSA) is 72.5 Å². The van der Waals surface area contributed by atoms with Crippen molar-refractivity contribution in [2.45, 2.75) is 37.8 Å². The van der Waals surface area contributed by atoms with E-state index in [2.05, 4.69) is 5.32 Å². The lowest BCUT2D eigenvalue weighted by atomic mass is 10.1. The van der Waals surface area contributed by atoms with E-state index in [4.69, 9.17) is 4.74 Å². The normalized spacial score (nSPS) is 17.8. The van der Waals surface area contributed by atoms with E-state index in [0.29, 0.717) is 16.0 Å². The van der Waals surface area contributed by atoms with Crippen molar-refractivity contribution < 1.29 is 18.5 Å². The number of benzene rings is 1. The highest BCUT2D eigenvalue weighted by atomic mass is 33.1. The zero-order chi connectivity index (χ0) is 14.9. The molecule has 1 N–H and O–H groups in total. The second-order valence-corrected chi connectivity index (χ2v) is 8.08. The zero-order valence-electron chi connectivity index (χ0n) is 11.4. The molecule has 1 aliphatic rings. The van der Waals surface area contributed by atoms with Gasteiger partial charge in [-0.2, -0.15) is 0 Å². The molecule has 0 saturated carbocycles. The van der Waals surface area contributed by atoms with Crippen LogP contribution in [0.25, 0.3) is 0 Å². The van der Waals surface area contributed by atoms with Gasteiger partial charge in [-0.3, -0.25) is 4.79 Å². The molecule has 0 aromatic heterocycles. The fourth-order valence-electron chi connectivity index (χ4n) is 1.72. The molecular weight excluding hydrogens is 298 g/mol. The highest BCUT2D eigenvalue weighted by Crippen LogP contribution is 2.36. The second kappa shape index (κ2) is 5.57. The molecule has 0 fully saturated rings. The van der Waals surface area contributed by atoms with Crippen molar-refractivity contribution in [3.8, 4) is 0 Å². The molecule has 0 saturated heterocycles. The van der Waals surface area contributed by atoms with Crippen LogP contribution in [0.15, 0.2) is 23.1 Å². The number of rotatable bonds is 2. The van der Waals surface area contributed by atoms with E-state index in [1.165, 1.54) is 0 Å². The molecule has 1 aromatic carbocycles. The Bertz CT molecular complexity index is 593. The fraction of sp³-hybridized carbons (Fsp3) is 0.385. The molecule has 0 bridgehead atoms. The van der Waals surface area contributed by atoms with Crippen molar-refractivity contribution in [1.82, 2.24) is 5.32 Å². The Morgan fingerprint density at radius 1 is 1.40 bits per heavy atom. The molecule has 0 radical (unpaired) electrons. The first-order valence-electron chi connectivity index (χ1n) is 6.01. The van der Waals surface area contributed by atoms with Crippen molar-refractivity contribution in [3.05, 3.63) is 29.3 Å². The number of carbonyl (C=O) groups excluding carboxylic acids is 2. The Morgan fingerprint density at radius 2 is 2.10 bits per heavy atom. The van der Waals surface area contributed by atoms with Gasteiger partial charge in [0.05, 0.1) is 4.90 Å². The monoisotopic (exact) mass is 313 g/mol. The minimum Gasteiger partial charge on any atom is -0.444 e. The van der Waals surface area contributed by atoms with E-state index < -0.39 is 21.5 Å². The third-order valence-corrected chi connectivity index (χ3v) is 5.20. The summed E-state index contributed by atoms with van der Waals surface area (Å²) in [4.78, 5) is 23.7. The summed E-state index contributed by atoms with van der Waals surface area (Å²) in [5.74, 6) is 0. The van der Waals surface area contributed by atoms with Crippen molar-refractivity contribution >= 4 is 31.8 Å². The lowest BCUT2D eigenvalue weighted by Crippen LogP contribution is -2.32. The molecule has 0 spiro atoms. The van der Waals surface area contributed by atoms with E-state index in [1.807, 2.05) is 0 Å². The molecule has 0 aliphatic carbocycles. The Morgan fingerprint density at radius 3 is 2.75 bits per heavy atom. The van der Waals surface area contributed by atoms with Gasteiger partial charge < -0.3 is 10.1 Å². The summed E-state index contributed by atoms with van der Waals surface area (Å²) < 4.78 is 17.0. The standard InChI is InChI=1S/C13H15NO4S2/c1-13(2,3)18-12(16)14-7-8-5-4-6-9-10(8)20(17)19-11(9)15/h4-6H,7H2,1-3H3,(H,14,16). The highest BCUT2D eigenvalue weighted by Gasteiger charge is 2.30. The van der Waals surface area contributed by atoms with Crippen LogP contribution in [0.2, 0.25) is 0 Å². The van der Waals surface area contributed by atoms with Crippen LogP contribution in [0.1, 0.15) is 36.7 Å². The predicted octanol–water partition coefficient (Wildman–Crippen LogP) is 2.62. The SMILES string of the molecule is CC(C)(C)OC(=O)NCc1cccc2c1S(=O)SC2=O. The first kappa shape index (κ1) is 15.1. The van der Waals surface area contributed by atoms with Gasteiger partial charge in [0, 0.05) is 22.9 Å². The number of carbonyl (C=O) groups is 2. The van der Waals surface area contributed by atoms with Gasteiger partial charge in [-0.05, 0) is 32.4 Å². The molecule has 2 rings (SSSR count).